The Morgan fingerprint density at radius 2 is 1.81 bits per heavy atom. The molecule has 8 heteroatoms. The van der Waals surface area contributed by atoms with Crippen molar-refractivity contribution in [3.8, 4) is 0 Å². The van der Waals surface area contributed by atoms with Crippen molar-refractivity contribution in [3.63, 3.8) is 0 Å². The average Bonchev–Trinajstić information content (AvgIpc) is 3.18. The smallest absolute Gasteiger partial charge is 0.169 e. The number of benzene rings is 2. The molecule has 3 aromatic rings. The van der Waals surface area contributed by atoms with E-state index in [0.717, 1.165) is 16.7 Å². The third-order valence-corrected chi connectivity index (χ3v) is 4.91. The lowest BCUT2D eigenvalue weighted by atomic mass is 10.2. The summed E-state index contributed by atoms with van der Waals surface area (Å²) in [5.74, 6) is -0.658. The van der Waals surface area contributed by atoms with Gasteiger partial charge in [-0.1, -0.05) is 35.3 Å². The van der Waals surface area contributed by atoms with E-state index in [4.69, 9.17) is 32.7 Å². The molecule has 2 heterocycles. The summed E-state index contributed by atoms with van der Waals surface area (Å²) in [6, 6.07) is 13.1. The van der Waals surface area contributed by atoms with Crippen molar-refractivity contribution >= 4 is 39.9 Å². The third-order valence-electron chi connectivity index (χ3n) is 4.17. The van der Waals surface area contributed by atoms with E-state index in [0.29, 0.717) is 16.7 Å². The fraction of sp³-hybridized carbons (Fsp3) is 0.333. The van der Waals surface area contributed by atoms with Crippen LogP contribution >= 0.6 is 23.2 Å². The first-order valence-corrected chi connectivity index (χ1v) is 9.02. The number of halogens is 2. The number of aromatic nitrogens is 3. The number of ether oxygens (including phenoxy) is 2. The Balaban J connectivity index is 1.70. The Morgan fingerprint density at radius 1 is 1.12 bits per heavy atom. The van der Waals surface area contributed by atoms with Crippen molar-refractivity contribution < 1.29 is 9.47 Å². The van der Waals surface area contributed by atoms with Crippen LogP contribution in [0.1, 0.15) is 20.0 Å². The average molecular weight is 393 g/mol. The van der Waals surface area contributed by atoms with Crippen molar-refractivity contribution in [2.45, 2.75) is 31.9 Å². The van der Waals surface area contributed by atoms with Gasteiger partial charge < -0.3 is 14.8 Å². The highest BCUT2D eigenvalue weighted by Crippen LogP contribution is 2.32. The summed E-state index contributed by atoms with van der Waals surface area (Å²) in [6.07, 6.45) is -0.650. The quantitative estimate of drug-likeness (QED) is 0.707. The summed E-state index contributed by atoms with van der Waals surface area (Å²) in [7, 11) is 0. The van der Waals surface area contributed by atoms with Crippen LogP contribution in [0.3, 0.4) is 0 Å². The second-order valence-corrected chi connectivity index (χ2v) is 7.41. The fourth-order valence-electron chi connectivity index (χ4n) is 2.93. The molecule has 136 valence electrons. The van der Waals surface area contributed by atoms with E-state index in [1.807, 2.05) is 44.2 Å². The molecule has 1 aliphatic rings. The molecule has 0 spiro atoms. The van der Waals surface area contributed by atoms with Crippen LogP contribution < -0.4 is 5.32 Å². The maximum absolute atomic E-state index is 6.15. The molecule has 0 saturated carbocycles. The molecule has 2 aromatic carbocycles. The predicted molar refractivity (Wildman–Crippen MR) is 102 cm³/mol. The molecule has 0 aliphatic carbocycles. The zero-order valence-corrected chi connectivity index (χ0v) is 15.8. The Bertz CT molecular complexity index is 911. The minimum absolute atomic E-state index is 0.277. The summed E-state index contributed by atoms with van der Waals surface area (Å²) >= 11 is 12.2. The lowest BCUT2D eigenvalue weighted by Crippen LogP contribution is -2.35. The molecule has 1 fully saturated rings. The molecule has 1 unspecified atom stereocenters. The first-order valence-electron chi connectivity index (χ1n) is 8.26. The fourth-order valence-corrected chi connectivity index (χ4v) is 3.23. The Hall–Kier alpha value is -1.86. The van der Waals surface area contributed by atoms with Gasteiger partial charge in [-0.3, -0.25) is 0 Å². The number of anilines is 1. The van der Waals surface area contributed by atoms with E-state index < -0.39 is 5.79 Å². The van der Waals surface area contributed by atoms with Crippen LogP contribution in [0.4, 0.5) is 5.69 Å². The van der Waals surface area contributed by atoms with Crippen LogP contribution in [-0.2, 0) is 9.47 Å². The summed E-state index contributed by atoms with van der Waals surface area (Å²) in [4.78, 5) is 1.63. The first-order chi connectivity index (χ1) is 12.4. The number of hydrogen-bond acceptors (Lipinski definition) is 5. The SMILES string of the molecule is CC1(C)OC[C@H](C(Nc2ccc(Cl)c(Cl)c2)n2nc3ccccc3n2)O1. The van der Waals surface area contributed by atoms with E-state index in [2.05, 4.69) is 15.5 Å². The van der Waals surface area contributed by atoms with E-state index in [9.17, 15) is 0 Å². The van der Waals surface area contributed by atoms with Gasteiger partial charge in [0.2, 0.25) is 0 Å². The minimum atomic E-state index is -0.658. The number of nitrogens with one attached hydrogen (secondary N) is 1. The zero-order chi connectivity index (χ0) is 18.3. The Kier molecular flexibility index (Phi) is 4.52. The van der Waals surface area contributed by atoms with E-state index >= 15 is 0 Å². The highest BCUT2D eigenvalue weighted by atomic mass is 35.5. The molecule has 0 bridgehead atoms. The molecule has 0 radical (unpaired) electrons. The third kappa shape index (κ3) is 3.50. The number of fused-ring (bicyclic) bond motifs is 1. The summed E-state index contributed by atoms with van der Waals surface area (Å²) in [5, 5.41) is 13.5. The first kappa shape index (κ1) is 17.5. The molecular weight excluding hydrogens is 375 g/mol. The molecule has 6 nitrogen and oxygen atoms in total. The molecule has 1 aliphatic heterocycles. The van der Waals surface area contributed by atoms with Gasteiger partial charge in [0.05, 0.1) is 16.7 Å². The largest absolute Gasteiger partial charge is 0.360 e. The van der Waals surface area contributed by atoms with E-state index in [-0.39, 0.29) is 12.3 Å². The van der Waals surface area contributed by atoms with Gasteiger partial charge >= 0.3 is 0 Å². The Labute approximate surface area is 161 Å². The normalized spacial score (nSPS) is 20.4. The molecule has 26 heavy (non-hydrogen) atoms. The van der Waals surface area contributed by atoms with Gasteiger partial charge in [-0.05, 0) is 44.2 Å². The lowest BCUT2D eigenvalue weighted by Gasteiger charge is -2.25. The predicted octanol–water partition coefficient (Wildman–Crippen LogP) is 4.50. The van der Waals surface area contributed by atoms with Crippen LogP contribution in [0.15, 0.2) is 42.5 Å². The Morgan fingerprint density at radius 3 is 2.38 bits per heavy atom. The van der Waals surface area contributed by atoms with Crippen molar-refractivity contribution in [2.24, 2.45) is 0 Å². The maximum Gasteiger partial charge on any atom is 0.169 e. The number of nitrogens with zero attached hydrogens (tertiary/aromatic N) is 3. The highest BCUT2D eigenvalue weighted by molar-refractivity contribution is 6.42. The lowest BCUT2D eigenvalue weighted by molar-refractivity contribution is -0.143. The monoisotopic (exact) mass is 392 g/mol. The molecule has 4 rings (SSSR count). The van der Waals surface area contributed by atoms with Gasteiger partial charge in [0.15, 0.2) is 12.0 Å². The van der Waals surface area contributed by atoms with Crippen LogP contribution in [0.2, 0.25) is 10.0 Å². The van der Waals surface area contributed by atoms with Gasteiger partial charge in [0.1, 0.15) is 17.1 Å². The van der Waals surface area contributed by atoms with Crippen molar-refractivity contribution in [3.05, 3.63) is 52.5 Å². The van der Waals surface area contributed by atoms with Crippen molar-refractivity contribution in [1.29, 1.82) is 0 Å². The van der Waals surface area contributed by atoms with Crippen LogP contribution in [0.25, 0.3) is 11.0 Å². The minimum Gasteiger partial charge on any atom is -0.360 e. The van der Waals surface area contributed by atoms with Crippen molar-refractivity contribution in [1.82, 2.24) is 15.0 Å². The van der Waals surface area contributed by atoms with Crippen LogP contribution in [0.5, 0.6) is 0 Å². The van der Waals surface area contributed by atoms with Crippen LogP contribution in [0, 0.1) is 0 Å². The summed E-state index contributed by atoms with van der Waals surface area (Å²) < 4.78 is 11.8. The second-order valence-electron chi connectivity index (χ2n) is 6.59. The topological polar surface area (TPSA) is 61.2 Å². The number of rotatable bonds is 4. The van der Waals surface area contributed by atoms with E-state index in [1.165, 1.54) is 0 Å². The van der Waals surface area contributed by atoms with E-state index in [1.54, 1.807) is 16.9 Å². The summed E-state index contributed by atoms with van der Waals surface area (Å²) in [6.45, 7) is 4.19. The molecule has 0 amide bonds. The second kappa shape index (κ2) is 6.70. The van der Waals surface area contributed by atoms with Gasteiger partial charge in [-0.2, -0.15) is 15.0 Å². The molecule has 1 aromatic heterocycles. The number of hydrogen-bond donors (Lipinski definition) is 1. The molecule has 2 atom stereocenters. The summed E-state index contributed by atoms with van der Waals surface area (Å²) in [5.41, 5.74) is 2.41. The maximum atomic E-state index is 6.15. The zero-order valence-electron chi connectivity index (χ0n) is 14.3. The van der Waals surface area contributed by atoms with Crippen LogP contribution in [-0.4, -0.2) is 33.5 Å². The van der Waals surface area contributed by atoms with Gasteiger partial charge in [0.25, 0.3) is 0 Å². The van der Waals surface area contributed by atoms with Crippen molar-refractivity contribution in [2.75, 3.05) is 11.9 Å². The molecular formula is C18H18Cl2N4O2. The standard InChI is InChI=1S/C18H18Cl2N4O2/c1-18(2)25-10-16(26-18)17(21-11-7-8-12(19)13(20)9-11)24-22-14-5-3-4-6-15(14)23-24/h3-9,16-17,21H,10H2,1-2H3/t16-,17?/m1/s1. The van der Waals surface area contributed by atoms with Gasteiger partial charge in [-0.15, -0.1) is 0 Å². The molecule has 1 saturated heterocycles. The highest BCUT2D eigenvalue weighted by Gasteiger charge is 2.39. The van der Waals surface area contributed by atoms with Gasteiger partial charge in [0, 0.05) is 5.69 Å². The van der Waals surface area contributed by atoms with Gasteiger partial charge in [-0.25, -0.2) is 0 Å². The molecule has 1 N–H and O–H groups in total.